The lowest BCUT2D eigenvalue weighted by molar-refractivity contribution is 0.443. The van der Waals surface area contributed by atoms with E-state index in [2.05, 4.69) is 18.8 Å². The van der Waals surface area contributed by atoms with Crippen molar-refractivity contribution in [2.24, 2.45) is 0 Å². The molecule has 0 radical (unpaired) electrons. The summed E-state index contributed by atoms with van der Waals surface area (Å²) in [6.45, 7) is 4.16. The Morgan fingerprint density at radius 1 is 1.58 bits per heavy atom. The molecular weight excluding hydrogens is 152 g/mol. The third-order valence-electron chi connectivity index (χ3n) is 2.06. The Balaban J connectivity index is 2.93. The van der Waals surface area contributed by atoms with Crippen molar-refractivity contribution in [2.45, 2.75) is 32.6 Å². The Bertz CT molecular complexity index is 281. The molecule has 64 valence electrons. The predicted octanol–water partition coefficient (Wildman–Crippen LogP) is 2.45. The number of oxazole rings is 1. The third-order valence-corrected chi connectivity index (χ3v) is 2.06. The van der Waals surface area contributed by atoms with Gasteiger partial charge in [-0.15, -0.1) is 0 Å². The zero-order valence-corrected chi connectivity index (χ0v) is 7.37. The van der Waals surface area contributed by atoms with E-state index in [4.69, 9.17) is 9.68 Å². The Hall–Kier alpha value is -1.30. The molecular formula is C9H12N2O. The van der Waals surface area contributed by atoms with E-state index >= 15 is 0 Å². The predicted molar refractivity (Wildman–Crippen MR) is 44.5 cm³/mol. The van der Waals surface area contributed by atoms with Crippen LogP contribution in [0.2, 0.25) is 0 Å². The molecule has 0 unspecified atom stereocenters. The molecule has 1 aromatic heterocycles. The third kappa shape index (κ3) is 1.48. The fraction of sp³-hybridized carbons (Fsp3) is 0.556. The van der Waals surface area contributed by atoms with E-state index in [0.29, 0.717) is 11.6 Å². The van der Waals surface area contributed by atoms with Gasteiger partial charge in [0.15, 0.2) is 12.1 Å². The van der Waals surface area contributed by atoms with Gasteiger partial charge in [-0.25, -0.2) is 4.98 Å². The normalized spacial score (nSPS) is 10.2. The molecule has 1 heterocycles. The van der Waals surface area contributed by atoms with Gasteiger partial charge in [0.05, 0.1) is 0 Å². The largest absolute Gasteiger partial charge is 0.447 e. The van der Waals surface area contributed by atoms with Gasteiger partial charge in [-0.3, -0.25) is 0 Å². The number of rotatable bonds is 3. The van der Waals surface area contributed by atoms with Gasteiger partial charge in [-0.1, -0.05) is 13.8 Å². The van der Waals surface area contributed by atoms with Crippen molar-refractivity contribution in [1.29, 1.82) is 5.26 Å². The van der Waals surface area contributed by atoms with Crippen LogP contribution in [0.5, 0.6) is 0 Å². The highest BCUT2D eigenvalue weighted by Gasteiger charge is 2.16. The smallest absolute Gasteiger partial charge is 0.182 e. The molecule has 1 rings (SSSR count). The van der Waals surface area contributed by atoms with Crippen molar-refractivity contribution in [1.82, 2.24) is 4.98 Å². The molecule has 0 aromatic carbocycles. The summed E-state index contributed by atoms with van der Waals surface area (Å²) in [6.07, 6.45) is 3.31. The van der Waals surface area contributed by atoms with Gasteiger partial charge in [0.2, 0.25) is 0 Å². The van der Waals surface area contributed by atoms with Crippen molar-refractivity contribution >= 4 is 0 Å². The minimum absolute atomic E-state index is 0.335. The van der Waals surface area contributed by atoms with E-state index < -0.39 is 0 Å². The summed E-state index contributed by atoms with van der Waals surface area (Å²) in [4.78, 5) is 3.82. The number of hydrogen-bond donors (Lipinski definition) is 0. The monoisotopic (exact) mass is 164 g/mol. The van der Waals surface area contributed by atoms with Crippen LogP contribution in [-0.4, -0.2) is 4.98 Å². The van der Waals surface area contributed by atoms with Crippen LogP contribution in [0.25, 0.3) is 0 Å². The summed E-state index contributed by atoms with van der Waals surface area (Å²) >= 11 is 0. The van der Waals surface area contributed by atoms with Crippen LogP contribution in [0.1, 0.15) is 44.1 Å². The summed E-state index contributed by atoms with van der Waals surface area (Å²) < 4.78 is 5.17. The lowest BCUT2D eigenvalue weighted by atomic mass is 9.99. The molecule has 0 spiro atoms. The van der Waals surface area contributed by atoms with E-state index in [-0.39, 0.29) is 0 Å². The molecule has 0 N–H and O–H groups in total. The maximum atomic E-state index is 8.67. The Kier molecular flexibility index (Phi) is 2.87. The highest BCUT2D eigenvalue weighted by atomic mass is 16.3. The number of aromatic nitrogens is 1. The average molecular weight is 164 g/mol. The molecule has 12 heavy (non-hydrogen) atoms. The topological polar surface area (TPSA) is 49.8 Å². The highest BCUT2D eigenvalue weighted by molar-refractivity contribution is 5.25. The molecule has 0 aliphatic rings. The number of nitriles is 1. The summed E-state index contributed by atoms with van der Waals surface area (Å²) in [5, 5.41) is 8.67. The fourth-order valence-electron chi connectivity index (χ4n) is 1.29. The fourth-order valence-corrected chi connectivity index (χ4v) is 1.29. The van der Waals surface area contributed by atoms with Gasteiger partial charge < -0.3 is 4.42 Å². The standard InChI is InChI=1S/C9H12N2O/c1-3-7(4-2)9-8(5-10)11-6-12-9/h6-7H,3-4H2,1-2H3. The molecule has 0 bridgehead atoms. The first kappa shape index (κ1) is 8.79. The van der Waals surface area contributed by atoms with Crippen LogP contribution in [0.15, 0.2) is 10.8 Å². The van der Waals surface area contributed by atoms with Crippen molar-refractivity contribution in [3.63, 3.8) is 0 Å². The first-order valence-electron chi connectivity index (χ1n) is 4.16. The second-order valence-corrected chi connectivity index (χ2v) is 2.69. The van der Waals surface area contributed by atoms with Crippen LogP contribution in [0.4, 0.5) is 0 Å². The summed E-state index contributed by atoms with van der Waals surface area (Å²) in [5.74, 6) is 1.07. The van der Waals surface area contributed by atoms with Crippen LogP contribution in [0, 0.1) is 11.3 Å². The Morgan fingerprint density at radius 3 is 2.75 bits per heavy atom. The first-order chi connectivity index (χ1) is 5.83. The summed E-state index contributed by atoms with van der Waals surface area (Å²) in [6, 6.07) is 2.02. The van der Waals surface area contributed by atoms with E-state index in [1.165, 1.54) is 6.39 Å². The lowest BCUT2D eigenvalue weighted by Gasteiger charge is -2.07. The molecule has 0 amide bonds. The van der Waals surface area contributed by atoms with E-state index in [1.807, 2.05) is 6.07 Å². The molecule has 1 aromatic rings. The highest BCUT2D eigenvalue weighted by Crippen LogP contribution is 2.24. The first-order valence-corrected chi connectivity index (χ1v) is 4.16. The Morgan fingerprint density at radius 2 is 2.25 bits per heavy atom. The zero-order valence-electron chi connectivity index (χ0n) is 7.37. The Labute approximate surface area is 72.0 Å². The van der Waals surface area contributed by atoms with Gasteiger partial charge in [0.25, 0.3) is 0 Å². The van der Waals surface area contributed by atoms with E-state index in [9.17, 15) is 0 Å². The van der Waals surface area contributed by atoms with Crippen LogP contribution >= 0.6 is 0 Å². The molecule has 3 heteroatoms. The van der Waals surface area contributed by atoms with Crippen molar-refractivity contribution in [2.75, 3.05) is 0 Å². The van der Waals surface area contributed by atoms with Gasteiger partial charge in [0, 0.05) is 5.92 Å². The van der Waals surface area contributed by atoms with E-state index in [0.717, 1.165) is 18.6 Å². The summed E-state index contributed by atoms with van der Waals surface area (Å²) in [5.41, 5.74) is 0.434. The maximum Gasteiger partial charge on any atom is 0.182 e. The minimum Gasteiger partial charge on any atom is -0.447 e. The molecule has 3 nitrogen and oxygen atoms in total. The zero-order chi connectivity index (χ0) is 8.97. The van der Waals surface area contributed by atoms with Gasteiger partial charge in [-0.2, -0.15) is 5.26 Å². The second kappa shape index (κ2) is 3.91. The van der Waals surface area contributed by atoms with Gasteiger partial charge in [0.1, 0.15) is 11.8 Å². The number of nitrogens with zero attached hydrogens (tertiary/aromatic N) is 2. The average Bonchev–Trinajstić information content (AvgIpc) is 2.55. The van der Waals surface area contributed by atoms with Crippen LogP contribution in [0.3, 0.4) is 0 Å². The van der Waals surface area contributed by atoms with Crippen molar-refractivity contribution in [3.05, 3.63) is 17.8 Å². The summed E-state index contributed by atoms with van der Waals surface area (Å²) in [7, 11) is 0. The molecule has 0 saturated carbocycles. The second-order valence-electron chi connectivity index (χ2n) is 2.69. The molecule has 0 saturated heterocycles. The van der Waals surface area contributed by atoms with Crippen molar-refractivity contribution < 1.29 is 4.42 Å². The van der Waals surface area contributed by atoms with Crippen molar-refractivity contribution in [3.8, 4) is 6.07 Å². The maximum absolute atomic E-state index is 8.67. The molecule has 0 atom stereocenters. The van der Waals surface area contributed by atoms with Crippen LogP contribution < -0.4 is 0 Å². The number of hydrogen-bond acceptors (Lipinski definition) is 3. The SMILES string of the molecule is CCC(CC)c1ocnc1C#N. The quantitative estimate of drug-likeness (QED) is 0.689. The molecule has 0 fully saturated rings. The lowest BCUT2D eigenvalue weighted by Crippen LogP contribution is -1.96. The van der Waals surface area contributed by atoms with Gasteiger partial charge >= 0.3 is 0 Å². The van der Waals surface area contributed by atoms with Gasteiger partial charge in [-0.05, 0) is 12.8 Å². The van der Waals surface area contributed by atoms with E-state index in [1.54, 1.807) is 0 Å². The van der Waals surface area contributed by atoms with Crippen LogP contribution in [-0.2, 0) is 0 Å². The molecule has 0 aliphatic carbocycles. The molecule has 0 aliphatic heterocycles. The minimum atomic E-state index is 0.335.